The molecule has 0 saturated heterocycles. The van der Waals surface area contributed by atoms with Gasteiger partial charge < -0.3 is 14.5 Å². The number of aromatic amines is 1. The van der Waals surface area contributed by atoms with Crippen LogP contribution in [0.1, 0.15) is 6.92 Å². The van der Waals surface area contributed by atoms with Crippen LogP contribution in [0, 0.1) is 11.6 Å². The summed E-state index contributed by atoms with van der Waals surface area (Å²) in [5, 5.41) is 3.28. The van der Waals surface area contributed by atoms with Gasteiger partial charge in [-0.3, -0.25) is 0 Å². The van der Waals surface area contributed by atoms with Gasteiger partial charge in [0.15, 0.2) is 43.7 Å². The topological polar surface area (TPSA) is 94.2 Å². The van der Waals surface area contributed by atoms with E-state index in [4.69, 9.17) is 9.47 Å². The Bertz CT molecular complexity index is 1600. The summed E-state index contributed by atoms with van der Waals surface area (Å²) < 4.78 is 64.2. The quantitative estimate of drug-likeness (QED) is 0.273. The van der Waals surface area contributed by atoms with Crippen molar-refractivity contribution in [2.24, 2.45) is 0 Å². The van der Waals surface area contributed by atoms with E-state index in [1.54, 1.807) is 18.3 Å². The number of sulfone groups is 1. The molecule has 0 saturated carbocycles. The van der Waals surface area contributed by atoms with Crippen LogP contribution in [0.4, 0.5) is 8.78 Å². The number of fused-ring (bicyclic) bond motifs is 1. The van der Waals surface area contributed by atoms with Crippen LogP contribution in [0.5, 0.6) is 23.0 Å². The number of para-hydroxylation sites is 1. The summed E-state index contributed by atoms with van der Waals surface area (Å²) in [6, 6.07) is 11.3. The fourth-order valence-corrected chi connectivity index (χ4v) is 4.74. The van der Waals surface area contributed by atoms with E-state index in [0.717, 1.165) is 28.2 Å². The van der Waals surface area contributed by atoms with Gasteiger partial charge in [-0.2, -0.15) is 0 Å². The second-order valence-corrected chi connectivity index (χ2v) is 10.5. The van der Waals surface area contributed by atoms with Crippen LogP contribution in [0.15, 0.2) is 71.3 Å². The molecule has 0 atom stereocenters. The summed E-state index contributed by atoms with van der Waals surface area (Å²) >= 11 is 1.45. The average molecular weight is 514 g/mol. The van der Waals surface area contributed by atoms with Crippen molar-refractivity contribution in [3.63, 3.8) is 0 Å². The van der Waals surface area contributed by atoms with Gasteiger partial charge in [0, 0.05) is 28.5 Å². The van der Waals surface area contributed by atoms with Crippen molar-refractivity contribution in [2.75, 3.05) is 5.75 Å². The number of nitrogens with one attached hydrogen (secondary N) is 1. The van der Waals surface area contributed by atoms with Crippen LogP contribution in [-0.2, 0) is 9.84 Å². The third-order valence-corrected chi connectivity index (χ3v) is 7.56. The molecule has 35 heavy (non-hydrogen) atoms. The van der Waals surface area contributed by atoms with E-state index in [2.05, 4.69) is 15.0 Å². The van der Waals surface area contributed by atoms with Crippen molar-refractivity contribution in [3.8, 4) is 33.7 Å². The van der Waals surface area contributed by atoms with Gasteiger partial charge in [-0.05, 0) is 36.4 Å². The summed E-state index contributed by atoms with van der Waals surface area (Å²) in [6.45, 7) is 1.53. The lowest BCUT2D eigenvalue weighted by Gasteiger charge is -2.14. The number of aromatic nitrogens is 3. The van der Waals surface area contributed by atoms with E-state index in [9.17, 15) is 17.2 Å². The zero-order valence-electron chi connectivity index (χ0n) is 18.2. The molecule has 0 radical (unpaired) electrons. The fourth-order valence-electron chi connectivity index (χ4n) is 3.35. The number of benzene rings is 2. The molecule has 1 N–H and O–H groups in total. The Hall–Kier alpha value is -3.83. The minimum atomic E-state index is -3.48. The smallest absolute Gasteiger partial charge is 0.198 e. The minimum Gasteiger partial charge on any atom is -0.452 e. The Kier molecular flexibility index (Phi) is 5.95. The van der Waals surface area contributed by atoms with Gasteiger partial charge in [-0.25, -0.2) is 27.2 Å². The molecule has 3 aromatic heterocycles. The van der Waals surface area contributed by atoms with Gasteiger partial charge in [0.25, 0.3) is 0 Å². The highest BCUT2D eigenvalue weighted by Gasteiger charge is 2.18. The molecule has 0 unspecified atom stereocenters. The van der Waals surface area contributed by atoms with Crippen LogP contribution < -0.4 is 9.47 Å². The molecule has 0 aliphatic rings. The molecule has 0 bridgehead atoms. The maximum Gasteiger partial charge on any atom is 0.198 e. The van der Waals surface area contributed by atoms with Crippen LogP contribution in [0.3, 0.4) is 0 Å². The third kappa shape index (κ3) is 4.60. The van der Waals surface area contributed by atoms with Crippen LogP contribution >= 0.6 is 11.3 Å². The predicted molar refractivity (Wildman–Crippen MR) is 128 cm³/mol. The number of thiazole rings is 1. The first kappa shape index (κ1) is 22.9. The van der Waals surface area contributed by atoms with E-state index in [-0.39, 0.29) is 28.0 Å². The molecule has 178 valence electrons. The van der Waals surface area contributed by atoms with E-state index in [0.29, 0.717) is 5.52 Å². The molecule has 0 aliphatic carbocycles. The first-order chi connectivity index (χ1) is 16.8. The Morgan fingerprint density at radius 3 is 2.43 bits per heavy atom. The first-order valence-corrected chi connectivity index (χ1v) is 12.9. The summed E-state index contributed by atoms with van der Waals surface area (Å²) in [5.41, 5.74) is 1.39. The highest BCUT2D eigenvalue weighted by Crippen LogP contribution is 2.40. The Labute approximate surface area is 202 Å². The molecule has 0 fully saturated rings. The van der Waals surface area contributed by atoms with E-state index in [1.165, 1.54) is 42.7 Å². The number of hydrogen-bond acceptors (Lipinski definition) is 7. The minimum absolute atomic E-state index is 0.0410. The molecule has 0 spiro atoms. The SMILES string of the molecule is CCS(=O)(=O)c1ccc(Oc2cc3cc(-c4nccs4)[nH]c3cc2Oc2c(F)cccc2F)cn1. The van der Waals surface area contributed by atoms with Gasteiger partial charge in [-0.15, -0.1) is 11.3 Å². The number of halogens is 2. The standard InChI is InChI=1S/C24H17F2N3O4S2/c1-2-35(30,31)22-7-6-15(13-28-22)32-20-11-14-10-19(24-27-8-9-34-24)29-18(14)12-21(20)33-23-16(25)4-3-5-17(23)26/h3-13,29H,2H2,1H3. The molecular weight excluding hydrogens is 496 g/mol. The molecule has 2 aromatic carbocycles. The monoisotopic (exact) mass is 513 g/mol. The van der Waals surface area contributed by atoms with Crippen molar-refractivity contribution in [1.29, 1.82) is 0 Å². The average Bonchev–Trinajstić information content (AvgIpc) is 3.52. The molecule has 11 heteroatoms. The van der Waals surface area contributed by atoms with E-state index < -0.39 is 27.2 Å². The van der Waals surface area contributed by atoms with Gasteiger partial charge >= 0.3 is 0 Å². The van der Waals surface area contributed by atoms with Crippen molar-refractivity contribution >= 4 is 32.1 Å². The normalized spacial score (nSPS) is 11.6. The number of hydrogen-bond donors (Lipinski definition) is 1. The summed E-state index contributed by atoms with van der Waals surface area (Å²) in [7, 11) is -3.48. The summed E-state index contributed by atoms with van der Waals surface area (Å²) in [5.74, 6) is -2.00. The first-order valence-electron chi connectivity index (χ1n) is 10.4. The second-order valence-electron chi connectivity index (χ2n) is 7.40. The third-order valence-electron chi connectivity index (χ3n) is 5.11. The molecule has 0 aliphatic heterocycles. The summed E-state index contributed by atoms with van der Waals surface area (Å²) in [4.78, 5) is 11.5. The van der Waals surface area contributed by atoms with Crippen LogP contribution in [-0.4, -0.2) is 29.1 Å². The fraction of sp³-hybridized carbons (Fsp3) is 0.0833. The molecule has 3 heterocycles. The Morgan fingerprint density at radius 1 is 1.00 bits per heavy atom. The van der Waals surface area contributed by atoms with Crippen molar-refractivity contribution < 1.29 is 26.7 Å². The zero-order valence-corrected chi connectivity index (χ0v) is 19.8. The number of rotatable bonds is 7. The van der Waals surface area contributed by atoms with Crippen molar-refractivity contribution in [2.45, 2.75) is 11.9 Å². The number of ether oxygens (including phenoxy) is 2. The molecule has 0 amide bonds. The summed E-state index contributed by atoms with van der Waals surface area (Å²) in [6.07, 6.45) is 2.95. The largest absolute Gasteiger partial charge is 0.452 e. The van der Waals surface area contributed by atoms with Crippen LogP contribution in [0.2, 0.25) is 0 Å². The molecule has 5 rings (SSSR count). The highest BCUT2D eigenvalue weighted by molar-refractivity contribution is 7.91. The Morgan fingerprint density at radius 2 is 1.77 bits per heavy atom. The van der Waals surface area contributed by atoms with E-state index in [1.807, 2.05) is 11.4 Å². The lowest BCUT2D eigenvalue weighted by Crippen LogP contribution is -2.05. The lowest BCUT2D eigenvalue weighted by atomic mass is 10.2. The lowest BCUT2D eigenvalue weighted by molar-refractivity contribution is 0.381. The zero-order chi connectivity index (χ0) is 24.6. The maximum atomic E-state index is 14.3. The Balaban J connectivity index is 1.57. The number of pyridine rings is 1. The number of nitrogens with zero attached hydrogens (tertiary/aromatic N) is 2. The van der Waals surface area contributed by atoms with Gasteiger partial charge in [0.05, 0.1) is 17.6 Å². The maximum absolute atomic E-state index is 14.3. The molecule has 7 nitrogen and oxygen atoms in total. The predicted octanol–water partition coefficient (Wildman–Crippen LogP) is 6.34. The number of H-pyrrole nitrogens is 1. The second kappa shape index (κ2) is 9.08. The van der Waals surface area contributed by atoms with Gasteiger partial charge in [-0.1, -0.05) is 13.0 Å². The van der Waals surface area contributed by atoms with E-state index >= 15 is 0 Å². The van der Waals surface area contributed by atoms with Crippen molar-refractivity contribution in [3.05, 3.63) is 77.9 Å². The highest BCUT2D eigenvalue weighted by atomic mass is 32.2. The van der Waals surface area contributed by atoms with Crippen LogP contribution in [0.25, 0.3) is 21.6 Å². The van der Waals surface area contributed by atoms with Gasteiger partial charge in [0.2, 0.25) is 0 Å². The van der Waals surface area contributed by atoms with Crippen molar-refractivity contribution in [1.82, 2.24) is 15.0 Å². The molecular formula is C24H17F2N3O4S2. The van der Waals surface area contributed by atoms with Gasteiger partial charge in [0.1, 0.15) is 10.8 Å². The molecule has 5 aromatic rings.